The van der Waals surface area contributed by atoms with E-state index >= 15 is 0 Å². The van der Waals surface area contributed by atoms with Gasteiger partial charge in [-0.25, -0.2) is 4.98 Å². The molecular formula is C23H19BrN4O5. The fraction of sp³-hybridized carbons (Fsp3) is 0.174. The van der Waals surface area contributed by atoms with Crippen LogP contribution in [-0.2, 0) is 16.1 Å². The molecule has 3 aromatic rings. The van der Waals surface area contributed by atoms with Gasteiger partial charge in [0.2, 0.25) is 0 Å². The Hall–Kier alpha value is -3.79. The Morgan fingerprint density at radius 2 is 1.85 bits per heavy atom. The molecule has 1 aromatic heterocycles. The van der Waals surface area contributed by atoms with Crippen LogP contribution in [0.2, 0.25) is 0 Å². The van der Waals surface area contributed by atoms with Crippen molar-refractivity contribution in [3.8, 4) is 0 Å². The number of likely N-dealkylation sites (tertiary alicyclic amines) is 1. The lowest BCUT2D eigenvalue weighted by Crippen LogP contribution is -2.31. The molecule has 1 fully saturated rings. The van der Waals surface area contributed by atoms with Gasteiger partial charge in [-0.15, -0.1) is 0 Å². The molecule has 1 amide bonds. The summed E-state index contributed by atoms with van der Waals surface area (Å²) in [7, 11) is 0. The van der Waals surface area contributed by atoms with Gasteiger partial charge in [0.05, 0.1) is 28.4 Å². The summed E-state index contributed by atoms with van der Waals surface area (Å²) in [6, 6.07) is 11.8. The van der Waals surface area contributed by atoms with E-state index in [1.807, 2.05) is 4.57 Å². The molecule has 0 aliphatic carbocycles. The second-order valence-corrected chi connectivity index (χ2v) is 8.39. The number of ketones is 1. The molecule has 168 valence electrons. The Balaban J connectivity index is 1.78. The first kappa shape index (κ1) is 22.4. The molecule has 1 N–H and O–H groups in total. The van der Waals surface area contributed by atoms with Crippen molar-refractivity contribution in [2.24, 2.45) is 0 Å². The quantitative estimate of drug-likeness (QED) is 0.168. The highest BCUT2D eigenvalue weighted by atomic mass is 79.9. The number of carbonyl (C=O) groups is 2. The van der Waals surface area contributed by atoms with Gasteiger partial charge in [0.1, 0.15) is 5.76 Å². The minimum atomic E-state index is -0.874. The standard InChI is InChI=1S/C23H19BrN4O5/c24-16-8-6-15(7-9-16)20-19(21(29)17-4-1-2-5-18(17)28(32)33)22(30)23(31)27(20)12-3-11-26-13-10-25-14-26/h1-2,4-10,13-14,20,29H,3,11-12H2/b21-19+. The third kappa shape index (κ3) is 4.42. The van der Waals surface area contributed by atoms with Crippen molar-refractivity contribution < 1.29 is 19.6 Å². The van der Waals surface area contributed by atoms with E-state index in [1.165, 1.54) is 29.2 Å². The van der Waals surface area contributed by atoms with Gasteiger partial charge in [0.15, 0.2) is 0 Å². The SMILES string of the molecule is O=C1C(=O)N(CCCn2ccnc2)C(c2ccc(Br)cc2)/C1=C(\O)c1ccccc1[N+](=O)[O-]. The number of nitro groups is 1. The number of para-hydroxylation sites is 1. The number of nitro benzene ring substituents is 1. The average molecular weight is 511 g/mol. The first-order chi connectivity index (χ1) is 15.9. The summed E-state index contributed by atoms with van der Waals surface area (Å²) < 4.78 is 2.67. The van der Waals surface area contributed by atoms with Crippen molar-refractivity contribution in [3.05, 3.63) is 98.5 Å². The summed E-state index contributed by atoms with van der Waals surface area (Å²) in [6.45, 7) is 0.831. The second-order valence-electron chi connectivity index (χ2n) is 7.47. The monoisotopic (exact) mass is 510 g/mol. The zero-order valence-electron chi connectivity index (χ0n) is 17.3. The summed E-state index contributed by atoms with van der Waals surface area (Å²) in [6.07, 6.45) is 5.66. The van der Waals surface area contributed by atoms with E-state index in [9.17, 15) is 24.8 Å². The summed E-state index contributed by atoms with van der Waals surface area (Å²) in [5.41, 5.74) is -0.0173. The molecule has 1 aliphatic rings. The molecule has 1 atom stereocenters. The Morgan fingerprint density at radius 3 is 2.52 bits per heavy atom. The maximum atomic E-state index is 13.1. The number of halogens is 1. The molecule has 33 heavy (non-hydrogen) atoms. The largest absolute Gasteiger partial charge is 0.507 e. The predicted molar refractivity (Wildman–Crippen MR) is 123 cm³/mol. The Kier molecular flexibility index (Phi) is 6.36. The smallest absolute Gasteiger partial charge is 0.295 e. The van der Waals surface area contributed by atoms with Gasteiger partial charge in [-0.3, -0.25) is 19.7 Å². The number of hydrogen-bond acceptors (Lipinski definition) is 6. The van der Waals surface area contributed by atoms with Crippen LogP contribution in [-0.4, -0.2) is 42.7 Å². The number of nitrogens with zero attached hydrogens (tertiary/aromatic N) is 4. The van der Waals surface area contributed by atoms with Crippen LogP contribution in [0.15, 0.2) is 77.3 Å². The lowest BCUT2D eigenvalue weighted by atomic mass is 9.95. The van der Waals surface area contributed by atoms with Crippen LogP contribution in [0.1, 0.15) is 23.6 Å². The topological polar surface area (TPSA) is 119 Å². The van der Waals surface area contributed by atoms with E-state index in [0.717, 1.165) is 4.47 Å². The lowest BCUT2D eigenvalue weighted by Gasteiger charge is -2.25. The zero-order valence-corrected chi connectivity index (χ0v) is 18.9. The number of hydrogen-bond donors (Lipinski definition) is 1. The summed E-state index contributed by atoms with van der Waals surface area (Å²) in [5.74, 6) is -2.19. The molecule has 4 rings (SSSR count). The third-order valence-corrected chi connectivity index (χ3v) is 5.98. The number of amides is 1. The van der Waals surface area contributed by atoms with Crippen molar-refractivity contribution in [2.45, 2.75) is 19.0 Å². The van der Waals surface area contributed by atoms with Crippen molar-refractivity contribution in [1.29, 1.82) is 0 Å². The van der Waals surface area contributed by atoms with E-state index < -0.39 is 28.4 Å². The summed E-state index contributed by atoms with van der Waals surface area (Å²) >= 11 is 3.37. The minimum Gasteiger partial charge on any atom is -0.507 e. The van der Waals surface area contributed by atoms with E-state index in [-0.39, 0.29) is 23.4 Å². The number of aryl methyl sites for hydroxylation is 1. The van der Waals surface area contributed by atoms with Crippen LogP contribution in [0.5, 0.6) is 0 Å². The van der Waals surface area contributed by atoms with Crippen LogP contribution >= 0.6 is 15.9 Å². The van der Waals surface area contributed by atoms with E-state index in [2.05, 4.69) is 20.9 Å². The molecule has 0 radical (unpaired) electrons. The van der Waals surface area contributed by atoms with Crippen LogP contribution in [0.3, 0.4) is 0 Å². The maximum Gasteiger partial charge on any atom is 0.295 e. The number of rotatable bonds is 7. The number of aliphatic hydroxyl groups excluding tert-OH is 1. The van der Waals surface area contributed by atoms with E-state index in [4.69, 9.17) is 0 Å². The number of carbonyl (C=O) groups excluding carboxylic acids is 2. The number of benzene rings is 2. The number of aromatic nitrogens is 2. The molecule has 1 unspecified atom stereocenters. The van der Waals surface area contributed by atoms with Gasteiger partial charge in [0, 0.05) is 36.0 Å². The van der Waals surface area contributed by atoms with Gasteiger partial charge >= 0.3 is 0 Å². The normalized spacial score (nSPS) is 17.5. The zero-order chi connectivity index (χ0) is 23.5. The highest BCUT2D eigenvalue weighted by molar-refractivity contribution is 9.10. The van der Waals surface area contributed by atoms with Gasteiger partial charge in [-0.05, 0) is 30.2 Å². The van der Waals surface area contributed by atoms with Crippen molar-refractivity contribution in [2.75, 3.05) is 6.54 Å². The van der Waals surface area contributed by atoms with Crippen LogP contribution in [0.4, 0.5) is 5.69 Å². The van der Waals surface area contributed by atoms with Gasteiger partial charge in [-0.1, -0.05) is 40.2 Å². The molecule has 9 nitrogen and oxygen atoms in total. The van der Waals surface area contributed by atoms with Gasteiger partial charge < -0.3 is 14.6 Å². The van der Waals surface area contributed by atoms with Crippen LogP contribution < -0.4 is 0 Å². The molecule has 1 saturated heterocycles. The highest BCUT2D eigenvalue weighted by Crippen LogP contribution is 2.41. The van der Waals surface area contributed by atoms with Crippen molar-refractivity contribution >= 4 is 39.1 Å². The minimum absolute atomic E-state index is 0.110. The van der Waals surface area contributed by atoms with Gasteiger partial charge in [0.25, 0.3) is 17.4 Å². The fourth-order valence-electron chi connectivity index (χ4n) is 3.92. The van der Waals surface area contributed by atoms with E-state index in [0.29, 0.717) is 18.5 Å². The van der Waals surface area contributed by atoms with Crippen molar-refractivity contribution in [1.82, 2.24) is 14.5 Å². The fourth-order valence-corrected chi connectivity index (χ4v) is 4.19. The Morgan fingerprint density at radius 1 is 1.12 bits per heavy atom. The first-order valence-corrected chi connectivity index (χ1v) is 10.9. The Bertz CT molecular complexity index is 1240. The summed E-state index contributed by atoms with van der Waals surface area (Å²) in [5, 5.41) is 22.6. The molecule has 10 heteroatoms. The molecule has 0 spiro atoms. The maximum absolute atomic E-state index is 13.1. The Labute approximate surface area is 197 Å². The summed E-state index contributed by atoms with van der Waals surface area (Å²) in [4.78, 5) is 42.3. The van der Waals surface area contributed by atoms with Crippen molar-refractivity contribution in [3.63, 3.8) is 0 Å². The third-order valence-electron chi connectivity index (χ3n) is 5.46. The molecule has 1 aliphatic heterocycles. The van der Waals surface area contributed by atoms with Crippen LogP contribution in [0, 0.1) is 10.1 Å². The average Bonchev–Trinajstić information content (AvgIpc) is 3.41. The number of Topliss-reactive ketones (excluding diaryl/α,β-unsaturated/α-hetero) is 1. The number of aliphatic hydroxyl groups is 1. The van der Waals surface area contributed by atoms with E-state index in [1.54, 1.807) is 43.0 Å². The molecule has 0 saturated carbocycles. The molecule has 2 aromatic carbocycles. The predicted octanol–water partition coefficient (Wildman–Crippen LogP) is 4.07. The van der Waals surface area contributed by atoms with Crippen LogP contribution in [0.25, 0.3) is 5.76 Å². The highest BCUT2D eigenvalue weighted by Gasteiger charge is 2.46. The van der Waals surface area contributed by atoms with Gasteiger partial charge in [-0.2, -0.15) is 0 Å². The molecule has 2 heterocycles. The molecule has 0 bridgehead atoms. The lowest BCUT2D eigenvalue weighted by molar-refractivity contribution is -0.385. The number of imidazole rings is 1. The first-order valence-electron chi connectivity index (χ1n) is 10.1. The second kappa shape index (κ2) is 9.37. The molecular weight excluding hydrogens is 492 g/mol.